The lowest BCUT2D eigenvalue weighted by Gasteiger charge is -2.48. The summed E-state index contributed by atoms with van der Waals surface area (Å²) >= 11 is 0. The SMILES string of the molecule is C=C[C@@]1(C)CC[C@](C)(C(C)C)CC1C.CCc1ccccc1C. The topological polar surface area (TPSA) is 0 Å². The monoisotopic (exact) mass is 314 g/mol. The van der Waals surface area contributed by atoms with Crippen LogP contribution >= 0.6 is 0 Å². The summed E-state index contributed by atoms with van der Waals surface area (Å²) in [5.41, 5.74) is 3.80. The Bertz CT molecular complexity index is 499. The summed E-state index contributed by atoms with van der Waals surface area (Å²) in [7, 11) is 0. The third-order valence-electron chi connectivity index (χ3n) is 6.64. The molecule has 0 heterocycles. The van der Waals surface area contributed by atoms with Gasteiger partial charge in [-0.15, -0.1) is 6.58 Å². The summed E-state index contributed by atoms with van der Waals surface area (Å²) in [4.78, 5) is 0. The molecule has 3 atom stereocenters. The zero-order valence-electron chi connectivity index (χ0n) is 16.6. The zero-order chi connectivity index (χ0) is 17.7. The van der Waals surface area contributed by atoms with Crippen LogP contribution in [0.25, 0.3) is 0 Å². The Morgan fingerprint density at radius 3 is 2.22 bits per heavy atom. The summed E-state index contributed by atoms with van der Waals surface area (Å²) in [5, 5.41) is 0. The van der Waals surface area contributed by atoms with E-state index in [0.29, 0.717) is 10.8 Å². The van der Waals surface area contributed by atoms with Crippen molar-refractivity contribution in [2.45, 2.75) is 74.1 Å². The lowest BCUT2D eigenvalue weighted by Crippen LogP contribution is -2.38. The van der Waals surface area contributed by atoms with Crippen LogP contribution in [0.5, 0.6) is 0 Å². The molecule has 130 valence electrons. The first kappa shape index (κ1) is 20.0. The molecule has 0 N–H and O–H groups in total. The molecule has 2 rings (SSSR count). The summed E-state index contributed by atoms with van der Waals surface area (Å²) in [6, 6.07) is 8.49. The quantitative estimate of drug-likeness (QED) is 0.517. The summed E-state index contributed by atoms with van der Waals surface area (Å²) in [6.45, 7) is 20.3. The number of benzene rings is 1. The second-order valence-electron chi connectivity index (χ2n) is 8.40. The first-order valence-corrected chi connectivity index (χ1v) is 9.36. The lowest BCUT2D eigenvalue weighted by molar-refractivity contribution is 0.0403. The molecule has 1 aliphatic carbocycles. The van der Waals surface area contributed by atoms with Crippen molar-refractivity contribution in [2.75, 3.05) is 0 Å². The van der Waals surface area contributed by atoms with Gasteiger partial charge in [0.1, 0.15) is 0 Å². The Labute approximate surface area is 145 Å². The molecular weight excluding hydrogens is 276 g/mol. The van der Waals surface area contributed by atoms with Crippen LogP contribution in [-0.2, 0) is 6.42 Å². The second-order valence-corrected chi connectivity index (χ2v) is 8.40. The number of allylic oxidation sites excluding steroid dienone is 1. The van der Waals surface area contributed by atoms with Crippen molar-refractivity contribution in [3.05, 3.63) is 48.0 Å². The number of aryl methyl sites for hydroxylation is 2. The van der Waals surface area contributed by atoms with Gasteiger partial charge in [0.05, 0.1) is 0 Å². The van der Waals surface area contributed by atoms with Gasteiger partial charge in [0.25, 0.3) is 0 Å². The average Bonchev–Trinajstić information content (AvgIpc) is 2.52. The molecule has 23 heavy (non-hydrogen) atoms. The van der Waals surface area contributed by atoms with Gasteiger partial charge in [0, 0.05) is 0 Å². The van der Waals surface area contributed by atoms with Crippen molar-refractivity contribution < 1.29 is 0 Å². The molecule has 1 aliphatic rings. The average molecular weight is 315 g/mol. The summed E-state index contributed by atoms with van der Waals surface area (Å²) in [6.07, 6.45) is 7.35. The smallest absolute Gasteiger partial charge is 0.0123 e. The van der Waals surface area contributed by atoms with Crippen molar-refractivity contribution in [3.8, 4) is 0 Å². The third kappa shape index (κ3) is 4.96. The number of hydrogen-bond acceptors (Lipinski definition) is 0. The van der Waals surface area contributed by atoms with Gasteiger partial charge in [-0.05, 0) is 66.4 Å². The van der Waals surface area contributed by atoms with Gasteiger partial charge in [0.15, 0.2) is 0 Å². The van der Waals surface area contributed by atoms with Gasteiger partial charge in [-0.1, -0.05) is 71.9 Å². The molecule has 0 bridgehead atoms. The van der Waals surface area contributed by atoms with Crippen LogP contribution in [0.2, 0.25) is 0 Å². The maximum atomic E-state index is 4.00. The second kappa shape index (κ2) is 8.18. The highest BCUT2D eigenvalue weighted by Crippen LogP contribution is 2.52. The van der Waals surface area contributed by atoms with E-state index in [2.05, 4.69) is 85.4 Å². The van der Waals surface area contributed by atoms with E-state index in [0.717, 1.165) is 18.3 Å². The number of hydrogen-bond donors (Lipinski definition) is 0. The highest BCUT2D eigenvalue weighted by atomic mass is 14.5. The fraction of sp³-hybridized carbons (Fsp3) is 0.652. The largest absolute Gasteiger partial charge is 0.103 e. The van der Waals surface area contributed by atoms with Crippen LogP contribution in [-0.4, -0.2) is 0 Å². The van der Waals surface area contributed by atoms with Crippen molar-refractivity contribution in [2.24, 2.45) is 22.7 Å². The van der Waals surface area contributed by atoms with Crippen molar-refractivity contribution in [3.63, 3.8) is 0 Å². The van der Waals surface area contributed by atoms with E-state index in [-0.39, 0.29) is 0 Å². The molecule has 1 aromatic carbocycles. The Kier molecular flexibility index (Phi) is 7.11. The van der Waals surface area contributed by atoms with Gasteiger partial charge in [-0.3, -0.25) is 0 Å². The molecular formula is C23H38. The van der Waals surface area contributed by atoms with Crippen LogP contribution in [0.1, 0.15) is 71.9 Å². The third-order valence-corrected chi connectivity index (χ3v) is 6.64. The molecule has 0 radical (unpaired) electrons. The maximum Gasteiger partial charge on any atom is -0.0123 e. The van der Waals surface area contributed by atoms with Gasteiger partial charge in [0.2, 0.25) is 0 Å². The van der Waals surface area contributed by atoms with E-state index in [4.69, 9.17) is 0 Å². The minimum atomic E-state index is 0.383. The van der Waals surface area contributed by atoms with Crippen LogP contribution in [0.4, 0.5) is 0 Å². The Balaban J connectivity index is 0.000000253. The number of rotatable bonds is 3. The molecule has 1 fully saturated rings. The van der Waals surface area contributed by atoms with Crippen LogP contribution < -0.4 is 0 Å². The van der Waals surface area contributed by atoms with Crippen molar-refractivity contribution in [1.29, 1.82) is 0 Å². The molecule has 0 spiro atoms. The van der Waals surface area contributed by atoms with Crippen LogP contribution in [0.15, 0.2) is 36.9 Å². The Morgan fingerprint density at radius 2 is 1.83 bits per heavy atom. The van der Waals surface area contributed by atoms with E-state index in [1.807, 2.05) is 0 Å². The van der Waals surface area contributed by atoms with Gasteiger partial charge < -0.3 is 0 Å². The minimum Gasteiger partial charge on any atom is -0.103 e. The normalized spacial score (nSPS) is 30.5. The van der Waals surface area contributed by atoms with Gasteiger partial charge >= 0.3 is 0 Å². The van der Waals surface area contributed by atoms with E-state index >= 15 is 0 Å². The van der Waals surface area contributed by atoms with Crippen molar-refractivity contribution >= 4 is 0 Å². The molecule has 0 nitrogen and oxygen atoms in total. The highest BCUT2D eigenvalue weighted by molar-refractivity contribution is 5.25. The fourth-order valence-corrected chi connectivity index (χ4v) is 3.67. The van der Waals surface area contributed by atoms with Crippen LogP contribution in [0, 0.1) is 29.6 Å². The van der Waals surface area contributed by atoms with Crippen molar-refractivity contribution in [1.82, 2.24) is 0 Å². The molecule has 0 amide bonds. The lowest BCUT2D eigenvalue weighted by atomic mass is 9.57. The van der Waals surface area contributed by atoms with Crippen LogP contribution in [0.3, 0.4) is 0 Å². The predicted molar refractivity (Wildman–Crippen MR) is 105 cm³/mol. The Hall–Kier alpha value is -1.04. The molecule has 0 saturated heterocycles. The zero-order valence-corrected chi connectivity index (χ0v) is 16.6. The first-order chi connectivity index (χ1) is 10.7. The molecule has 0 heteroatoms. The molecule has 1 unspecified atom stereocenters. The highest BCUT2D eigenvalue weighted by Gasteiger charge is 2.42. The molecule has 1 aromatic rings. The summed E-state index contributed by atoms with van der Waals surface area (Å²) < 4.78 is 0. The molecule has 1 saturated carbocycles. The minimum absolute atomic E-state index is 0.383. The van der Waals surface area contributed by atoms with E-state index in [1.54, 1.807) is 0 Å². The summed E-state index contributed by atoms with van der Waals surface area (Å²) in [5.74, 6) is 1.58. The van der Waals surface area contributed by atoms with E-state index < -0.39 is 0 Å². The molecule has 0 aromatic heterocycles. The Morgan fingerprint density at radius 1 is 1.22 bits per heavy atom. The standard InChI is InChI=1S/C14H26.C9H12/c1-7-13(5)8-9-14(6,11(2)3)10-12(13)4;1-3-9-7-5-4-6-8(9)2/h7,11-12H,1,8-10H2,2-6H3;4-7H,3H2,1-2H3/t12?,13-,14-;/m0./s1. The van der Waals surface area contributed by atoms with E-state index in [1.165, 1.54) is 30.4 Å². The fourth-order valence-electron chi connectivity index (χ4n) is 3.67. The predicted octanol–water partition coefficient (Wildman–Crippen LogP) is 7.22. The van der Waals surface area contributed by atoms with Gasteiger partial charge in [-0.25, -0.2) is 0 Å². The first-order valence-electron chi connectivity index (χ1n) is 9.36. The van der Waals surface area contributed by atoms with Gasteiger partial charge in [-0.2, -0.15) is 0 Å². The van der Waals surface area contributed by atoms with E-state index in [9.17, 15) is 0 Å². The molecule has 0 aliphatic heterocycles. The maximum absolute atomic E-state index is 4.00.